The number of nitrogens with one attached hydrogen (secondary N) is 1. The van der Waals surface area contributed by atoms with Crippen LogP contribution in [-0.2, 0) is 0 Å². The molecule has 1 N–H and O–H groups in total. The SMILES string of the molecule is Cc1cc(-c2nc3ncccc3o2)ccc1NC(=O)c1cccc(OCC(C)C)c1. The molecule has 4 aromatic rings. The molecule has 0 bridgehead atoms. The highest BCUT2D eigenvalue weighted by atomic mass is 16.5. The lowest BCUT2D eigenvalue weighted by Gasteiger charge is -2.12. The summed E-state index contributed by atoms with van der Waals surface area (Å²) >= 11 is 0. The van der Waals surface area contributed by atoms with Gasteiger partial charge in [-0.2, -0.15) is 4.98 Å². The summed E-state index contributed by atoms with van der Waals surface area (Å²) in [6, 6.07) is 16.5. The third-order valence-electron chi connectivity index (χ3n) is 4.57. The largest absolute Gasteiger partial charge is 0.493 e. The Morgan fingerprint density at radius 1 is 1.13 bits per heavy atom. The number of hydrogen-bond acceptors (Lipinski definition) is 5. The van der Waals surface area contributed by atoms with E-state index in [0.717, 1.165) is 16.8 Å². The quantitative estimate of drug-likeness (QED) is 0.462. The number of aryl methyl sites for hydroxylation is 1. The Kier molecular flexibility index (Phi) is 5.48. The van der Waals surface area contributed by atoms with Crippen molar-refractivity contribution in [1.82, 2.24) is 9.97 Å². The number of benzene rings is 2. The van der Waals surface area contributed by atoms with E-state index in [1.807, 2.05) is 49.4 Å². The summed E-state index contributed by atoms with van der Waals surface area (Å²) in [4.78, 5) is 21.3. The monoisotopic (exact) mass is 401 g/mol. The highest BCUT2D eigenvalue weighted by Crippen LogP contribution is 2.27. The number of rotatable bonds is 6. The number of pyridine rings is 1. The molecule has 152 valence electrons. The topological polar surface area (TPSA) is 77.3 Å². The van der Waals surface area contributed by atoms with E-state index >= 15 is 0 Å². The third kappa shape index (κ3) is 4.33. The molecule has 4 rings (SSSR count). The number of fused-ring (bicyclic) bond motifs is 1. The first-order valence-corrected chi connectivity index (χ1v) is 9.86. The molecule has 0 spiro atoms. The normalized spacial score (nSPS) is 11.1. The van der Waals surface area contributed by atoms with Crippen molar-refractivity contribution in [1.29, 1.82) is 0 Å². The van der Waals surface area contributed by atoms with Gasteiger partial charge in [-0.05, 0) is 66.9 Å². The van der Waals surface area contributed by atoms with Crippen LogP contribution in [0.2, 0.25) is 0 Å². The molecule has 0 saturated heterocycles. The summed E-state index contributed by atoms with van der Waals surface area (Å²) in [7, 11) is 0. The van der Waals surface area contributed by atoms with Gasteiger partial charge in [-0.3, -0.25) is 4.79 Å². The minimum absolute atomic E-state index is 0.188. The number of ether oxygens (including phenoxy) is 1. The highest BCUT2D eigenvalue weighted by Gasteiger charge is 2.13. The zero-order valence-corrected chi connectivity index (χ0v) is 17.2. The van der Waals surface area contributed by atoms with Crippen molar-refractivity contribution in [2.75, 3.05) is 11.9 Å². The molecule has 6 nitrogen and oxygen atoms in total. The van der Waals surface area contributed by atoms with Crippen LogP contribution < -0.4 is 10.1 Å². The van der Waals surface area contributed by atoms with Crippen LogP contribution in [-0.4, -0.2) is 22.5 Å². The zero-order valence-electron chi connectivity index (χ0n) is 17.2. The van der Waals surface area contributed by atoms with Gasteiger partial charge in [0.05, 0.1) is 6.61 Å². The number of oxazole rings is 1. The molecule has 0 atom stereocenters. The lowest BCUT2D eigenvalue weighted by Crippen LogP contribution is -2.13. The fourth-order valence-electron chi connectivity index (χ4n) is 3.01. The molecular weight excluding hydrogens is 378 g/mol. The predicted molar refractivity (Wildman–Crippen MR) is 117 cm³/mol. The molecular formula is C24H23N3O3. The third-order valence-corrected chi connectivity index (χ3v) is 4.57. The molecule has 0 aliphatic heterocycles. The van der Waals surface area contributed by atoms with Gasteiger partial charge in [0.15, 0.2) is 11.2 Å². The second-order valence-electron chi connectivity index (χ2n) is 7.56. The van der Waals surface area contributed by atoms with Crippen molar-refractivity contribution >= 4 is 22.8 Å². The number of amides is 1. The van der Waals surface area contributed by atoms with E-state index < -0.39 is 0 Å². The summed E-state index contributed by atoms with van der Waals surface area (Å²) in [5, 5.41) is 2.97. The average molecular weight is 401 g/mol. The van der Waals surface area contributed by atoms with Crippen LogP contribution in [0.15, 0.2) is 65.2 Å². The van der Waals surface area contributed by atoms with E-state index in [9.17, 15) is 4.79 Å². The number of anilines is 1. The molecule has 0 saturated carbocycles. The standard InChI is InChI=1S/C24H23N3O3/c1-15(2)14-29-19-7-4-6-17(13-19)23(28)26-20-10-9-18(12-16(20)3)24-27-22-21(30-24)8-5-11-25-22/h4-13,15H,14H2,1-3H3,(H,26,28). The molecule has 0 aliphatic carbocycles. The second kappa shape index (κ2) is 8.37. The van der Waals surface area contributed by atoms with E-state index in [1.54, 1.807) is 18.3 Å². The van der Waals surface area contributed by atoms with E-state index in [-0.39, 0.29) is 5.91 Å². The second-order valence-corrected chi connectivity index (χ2v) is 7.56. The summed E-state index contributed by atoms with van der Waals surface area (Å²) in [5.41, 5.74) is 4.22. The minimum atomic E-state index is -0.188. The van der Waals surface area contributed by atoms with Crippen LogP contribution >= 0.6 is 0 Å². The van der Waals surface area contributed by atoms with Crippen LogP contribution in [0.4, 0.5) is 5.69 Å². The first-order chi connectivity index (χ1) is 14.5. The Labute approximate surface area is 174 Å². The van der Waals surface area contributed by atoms with Gasteiger partial charge >= 0.3 is 0 Å². The van der Waals surface area contributed by atoms with Gasteiger partial charge in [-0.15, -0.1) is 0 Å². The molecule has 0 radical (unpaired) electrons. The molecule has 30 heavy (non-hydrogen) atoms. The molecule has 2 heterocycles. The van der Waals surface area contributed by atoms with Crippen molar-refractivity contribution in [2.24, 2.45) is 5.92 Å². The smallest absolute Gasteiger partial charge is 0.255 e. The zero-order chi connectivity index (χ0) is 21.1. The highest BCUT2D eigenvalue weighted by molar-refractivity contribution is 6.05. The van der Waals surface area contributed by atoms with Gasteiger partial charge in [0.1, 0.15) is 5.75 Å². The maximum atomic E-state index is 12.7. The molecule has 0 aliphatic rings. The Bertz CT molecular complexity index is 1160. The Morgan fingerprint density at radius 2 is 2.00 bits per heavy atom. The van der Waals surface area contributed by atoms with Crippen LogP contribution in [0.3, 0.4) is 0 Å². The van der Waals surface area contributed by atoms with Crippen molar-refractivity contribution in [2.45, 2.75) is 20.8 Å². The summed E-state index contributed by atoms with van der Waals surface area (Å²) < 4.78 is 11.5. The molecule has 1 amide bonds. The maximum absolute atomic E-state index is 12.7. The predicted octanol–water partition coefficient (Wildman–Crippen LogP) is 5.49. The van der Waals surface area contributed by atoms with E-state index in [2.05, 4.69) is 29.1 Å². The van der Waals surface area contributed by atoms with Crippen LogP contribution in [0, 0.1) is 12.8 Å². The molecule has 0 fully saturated rings. The van der Waals surface area contributed by atoms with Crippen LogP contribution in [0.1, 0.15) is 29.8 Å². The summed E-state index contributed by atoms with van der Waals surface area (Å²) in [6.45, 7) is 6.71. The Hall–Kier alpha value is -3.67. The Balaban J connectivity index is 1.51. The summed E-state index contributed by atoms with van der Waals surface area (Å²) in [5.74, 6) is 1.42. The van der Waals surface area contributed by atoms with Crippen molar-refractivity contribution in [3.8, 4) is 17.2 Å². The number of nitrogens with zero attached hydrogens (tertiary/aromatic N) is 2. The van der Waals surface area contributed by atoms with Crippen LogP contribution in [0.25, 0.3) is 22.7 Å². The molecule has 2 aromatic heterocycles. The fraction of sp³-hybridized carbons (Fsp3) is 0.208. The Morgan fingerprint density at radius 3 is 2.77 bits per heavy atom. The van der Waals surface area contributed by atoms with Gasteiger partial charge in [0, 0.05) is 23.0 Å². The molecule has 0 unspecified atom stereocenters. The lowest BCUT2D eigenvalue weighted by atomic mass is 10.1. The minimum Gasteiger partial charge on any atom is -0.493 e. The maximum Gasteiger partial charge on any atom is 0.255 e. The summed E-state index contributed by atoms with van der Waals surface area (Å²) in [6.07, 6.45) is 1.68. The van der Waals surface area contributed by atoms with Crippen molar-refractivity contribution in [3.05, 3.63) is 71.9 Å². The van der Waals surface area contributed by atoms with Gasteiger partial charge in [0.2, 0.25) is 5.89 Å². The fourth-order valence-corrected chi connectivity index (χ4v) is 3.01. The van der Waals surface area contributed by atoms with Crippen molar-refractivity contribution in [3.63, 3.8) is 0 Å². The molecule has 2 aromatic carbocycles. The van der Waals surface area contributed by atoms with E-state index in [0.29, 0.717) is 41.0 Å². The van der Waals surface area contributed by atoms with Crippen LogP contribution in [0.5, 0.6) is 5.75 Å². The van der Waals surface area contributed by atoms with Gasteiger partial charge in [-0.25, -0.2) is 4.98 Å². The number of aromatic nitrogens is 2. The van der Waals surface area contributed by atoms with Gasteiger partial charge in [-0.1, -0.05) is 19.9 Å². The van der Waals surface area contributed by atoms with E-state index in [1.165, 1.54) is 0 Å². The first kappa shape index (κ1) is 19.6. The van der Waals surface area contributed by atoms with Gasteiger partial charge < -0.3 is 14.5 Å². The lowest BCUT2D eigenvalue weighted by molar-refractivity contribution is 0.102. The average Bonchev–Trinajstić information content (AvgIpc) is 3.18. The van der Waals surface area contributed by atoms with Crippen molar-refractivity contribution < 1.29 is 13.9 Å². The van der Waals surface area contributed by atoms with Gasteiger partial charge in [0.25, 0.3) is 5.91 Å². The number of carbonyl (C=O) groups is 1. The number of carbonyl (C=O) groups excluding carboxylic acids is 1. The number of hydrogen-bond donors (Lipinski definition) is 1. The first-order valence-electron chi connectivity index (χ1n) is 9.86. The van der Waals surface area contributed by atoms with E-state index in [4.69, 9.17) is 9.15 Å². The molecule has 6 heteroatoms.